The van der Waals surface area contributed by atoms with Crippen LogP contribution in [0.15, 0.2) is 17.2 Å². The van der Waals surface area contributed by atoms with E-state index in [9.17, 15) is 9.59 Å². The normalized spacial score (nSPS) is 10.6. The lowest BCUT2D eigenvalue weighted by Crippen LogP contribution is -2.25. The van der Waals surface area contributed by atoms with Gasteiger partial charge in [-0.2, -0.15) is 0 Å². The second kappa shape index (κ2) is 3.38. The van der Waals surface area contributed by atoms with E-state index in [2.05, 4.69) is 0 Å². The molecule has 0 amide bonds. The molecule has 1 aromatic heterocycles. The highest BCUT2D eigenvalue weighted by molar-refractivity contribution is 5.48. The molecule has 0 fully saturated rings. The van der Waals surface area contributed by atoms with Crippen LogP contribution in [0.3, 0.4) is 0 Å². The number of hydrogen-bond acceptors (Lipinski definition) is 2. The molecule has 0 N–H and O–H groups in total. The van der Waals surface area contributed by atoms with Crippen LogP contribution in [0, 0.1) is 0 Å². The fraction of sp³-hybridized carbons (Fsp3) is 0.500. The van der Waals surface area contributed by atoms with Gasteiger partial charge in [-0.1, -0.05) is 0 Å². The molecule has 0 saturated carbocycles. The van der Waals surface area contributed by atoms with Gasteiger partial charge in [-0.25, -0.2) is 4.79 Å². The van der Waals surface area contributed by atoms with Crippen molar-refractivity contribution in [2.24, 2.45) is 0 Å². The Balaban J connectivity index is 3.04. The molecule has 1 aromatic rings. The van der Waals surface area contributed by atoms with Crippen molar-refractivity contribution in [2.45, 2.75) is 26.4 Å². The zero-order chi connectivity index (χ0) is 9.14. The molecule has 4 heteroatoms. The summed E-state index contributed by atoms with van der Waals surface area (Å²) in [5.41, 5.74) is -0.128. The van der Waals surface area contributed by atoms with Gasteiger partial charge in [0.1, 0.15) is 6.29 Å². The summed E-state index contributed by atoms with van der Waals surface area (Å²) in [5.74, 6) is 0. The highest BCUT2D eigenvalue weighted by atomic mass is 16.2. The maximum Gasteiger partial charge on any atom is 0.328 e. The molecule has 4 nitrogen and oxygen atoms in total. The van der Waals surface area contributed by atoms with Crippen LogP contribution in [0.1, 0.15) is 19.9 Å². The smallest absolute Gasteiger partial charge is 0.301 e. The summed E-state index contributed by atoms with van der Waals surface area (Å²) in [4.78, 5) is 21.5. The highest BCUT2D eigenvalue weighted by Crippen LogP contribution is 1.98. The number of hydrogen-bond donors (Lipinski definition) is 0. The van der Waals surface area contributed by atoms with Crippen molar-refractivity contribution in [3.8, 4) is 0 Å². The maximum absolute atomic E-state index is 11.4. The molecule has 0 atom stereocenters. The molecule has 0 radical (unpaired) electrons. The molecule has 0 aliphatic carbocycles. The molecule has 0 unspecified atom stereocenters. The number of nitrogens with zero attached hydrogens (tertiary/aromatic N) is 2. The van der Waals surface area contributed by atoms with Gasteiger partial charge in [-0.3, -0.25) is 9.13 Å². The predicted molar refractivity (Wildman–Crippen MR) is 45.1 cm³/mol. The topological polar surface area (TPSA) is 44.0 Å². The zero-order valence-corrected chi connectivity index (χ0v) is 7.23. The Morgan fingerprint density at radius 1 is 1.50 bits per heavy atom. The van der Waals surface area contributed by atoms with Crippen molar-refractivity contribution in [2.75, 3.05) is 0 Å². The van der Waals surface area contributed by atoms with Gasteiger partial charge in [0.2, 0.25) is 0 Å². The molecule has 0 spiro atoms. The van der Waals surface area contributed by atoms with E-state index < -0.39 is 0 Å². The third kappa shape index (κ3) is 1.47. The number of imidazole rings is 1. The highest BCUT2D eigenvalue weighted by Gasteiger charge is 2.04. The Bertz CT molecular complexity index is 322. The molecular weight excluding hydrogens is 156 g/mol. The molecule has 1 rings (SSSR count). The second-order valence-electron chi connectivity index (χ2n) is 2.90. The lowest BCUT2D eigenvalue weighted by atomic mass is 10.4. The van der Waals surface area contributed by atoms with E-state index in [0.29, 0.717) is 6.29 Å². The summed E-state index contributed by atoms with van der Waals surface area (Å²) in [6.45, 7) is 3.98. The Kier molecular flexibility index (Phi) is 2.47. The zero-order valence-electron chi connectivity index (χ0n) is 7.23. The second-order valence-corrected chi connectivity index (χ2v) is 2.90. The van der Waals surface area contributed by atoms with Gasteiger partial charge < -0.3 is 4.79 Å². The monoisotopic (exact) mass is 168 g/mol. The van der Waals surface area contributed by atoms with E-state index in [4.69, 9.17) is 0 Å². The summed E-state index contributed by atoms with van der Waals surface area (Å²) in [5, 5.41) is 0. The fourth-order valence-electron chi connectivity index (χ4n) is 1.04. The Morgan fingerprint density at radius 2 is 2.17 bits per heavy atom. The van der Waals surface area contributed by atoms with Crippen LogP contribution >= 0.6 is 0 Å². The Labute approximate surface area is 70.4 Å². The van der Waals surface area contributed by atoms with Crippen LogP contribution < -0.4 is 5.69 Å². The van der Waals surface area contributed by atoms with E-state index in [0.717, 1.165) is 0 Å². The van der Waals surface area contributed by atoms with Crippen LogP contribution in [0.2, 0.25) is 0 Å². The lowest BCUT2D eigenvalue weighted by molar-refractivity contribution is -0.108. The first-order chi connectivity index (χ1) is 5.66. The number of carbonyl (C=O) groups is 1. The van der Waals surface area contributed by atoms with Crippen LogP contribution in [0.25, 0.3) is 0 Å². The average Bonchev–Trinajstić information content (AvgIpc) is 2.34. The van der Waals surface area contributed by atoms with Gasteiger partial charge in [0, 0.05) is 18.4 Å². The standard InChI is InChI=1S/C8H12N2O2/c1-7(2)10-4-3-9(5-6-11)8(10)12/h3-4,6-7H,5H2,1-2H3. The summed E-state index contributed by atoms with van der Waals surface area (Å²) in [6.07, 6.45) is 4.03. The summed E-state index contributed by atoms with van der Waals surface area (Å²) >= 11 is 0. The summed E-state index contributed by atoms with van der Waals surface area (Å²) in [6, 6.07) is 0.144. The fourth-order valence-corrected chi connectivity index (χ4v) is 1.04. The largest absolute Gasteiger partial charge is 0.328 e. The molecule has 0 aliphatic rings. The van der Waals surface area contributed by atoms with Crippen LogP contribution in [0.4, 0.5) is 0 Å². The number of aldehydes is 1. The number of aromatic nitrogens is 2. The first-order valence-corrected chi connectivity index (χ1v) is 3.87. The molecule has 12 heavy (non-hydrogen) atoms. The summed E-state index contributed by atoms with van der Waals surface area (Å²) < 4.78 is 2.97. The van der Waals surface area contributed by atoms with Gasteiger partial charge in [-0.15, -0.1) is 0 Å². The third-order valence-electron chi connectivity index (χ3n) is 1.70. The molecule has 0 bridgehead atoms. The van der Waals surface area contributed by atoms with E-state index in [1.807, 2.05) is 13.8 Å². The van der Waals surface area contributed by atoms with E-state index >= 15 is 0 Å². The number of rotatable bonds is 3. The number of carbonyl (C=O) groups excluding carboxylic acids is 1. The minimum atomic E-state index is -0.128. The average molecular weight is 168 g/mol. The molecule has 0 aliphatic heterocycles. The SMILES string of the molecule is CC(C)n1ccn(CC=O)c1=O. The van der Waals surface area contributed by atoms with Gasteiger partial charge >= 0.3 is 5.69 Å². The third-order valence-corrected chi connectivity index (χ3v) is 1.70. The first kappa shape index (κ1) is 8.77. The summed E-state index contributed by atoms with van der Waals surface area (Å²) in [7, 11) is 0. The van der Waals surface area contributed by atoms with Crippen molar-refractivity contribution >= 4 is 6.29 Å². The molecule has 66 valence electrons. The Hall–Kier alpha value is -1.32. The van der Waals surface area contributed by atoms with E-state index in [1.165, 1.54) is 4.57 Å². The quantitative estimate of drug-likeness (QED) is 0.614. The van der Waals surface area contributed by atoms with Crippen LogP contribution in [-0.4, -0.2) is 15.4 Å². The van der Waals surface area contributed by atoms with Crippen molar-refractivity contribution in [3.63, 3.8) is 0 Å². The van der Waals surface area contributed by atoms with Gasteiger partial charge in [0.15, 0.2) is 0 Å². The lowest BCUT2D eigenvalue weighted by Gasteiger charge is -2.03. The van der Waals surface area contributed by atoms with Crippen molar-refractivity contribution < 1.29 is 4.79 Å². The van der Waals surface area contributed by atoms with Crippen LogP contribution in [-0.2, 0) is 11.3 Å². The minimum Gasteiger partial charge on any atom is -0.301 e. The van der Waals surface area contributed by atoms with Crippen molar-refractivity contribution in [1.82, 2.24) is 9.13 Å². The van der Waals surface area contributed by atoms with Crippen molar-refractivity contribution in [1.29, 1.82) is 0 Å². The molecule has 0 aromatic carbocycles. The van der Waals surface area contributed by atoms with E-state index in [1.54, 1.807) is 17.0 Å². The van der Waals surface area contributed by atoms with E-state index in [-0.39, 0.29) is 18.3 Å². The first-order valence-electron chi connectivity index (χ1n) is 3.87. The molecule has 0 saturated heterocycles. The van der Waals surface area contributed by atoms with Gasteiger partial charge in [-0.05, 0) is 13.8 Å². The van der Waals surface area contributed by atoms with Crippen molar-refractivity contribution in [3.05, 3.63) is 22.9 Å². The molecule has 1 heterocycles. The van der Waals surface area contributed by atoms with Gasteiger partial charge in [0.25, 0.3) is 0 Å². The van der Waals surface area contributed by atoms with Crippen LogP contribution in [0.5, 0.6) is 0 Å². The Morgan fingerprint density at radius 3 is 2.58 bits per heavy atom. The maximum atomic E-state index is 11.4. The predicted octanol–water partition coefficient (Wildman–Crippen LogP) is 0.430. The molecular formula is C8H12N2O2. The van der Waals surface area contributed by atoms with Gasteiger partial charge in [0.05, 0.1) is 6.54 Å². The minimum absolute atomic E-state index is 0.128.